The van der Waals surface area contributed by atoms with Crippen LogP contribution in [0.3, 0.4) is 0 Å². The van der Waals surface area contributed by atoms with Crippen molar-refractivity contribution in [1.29, 1.82) is 0 Å². The lowest BCUT2D eigenvalue weighted by atomic mass is 9.68. The van der Waals surface area contributed by atoms with Crippen molar-refractivity contribution >= 4 is 23.2 Å². The maximum absolute atomic E-state index is 12.2. The molecule has 1 saturated carbocycles. The highest BCUT2D eigenvalue weighted by molar-refractivity contribution is 7.11. The first-order chi connectivity index (χ1) is 8.86. The van der Waals surface area contributed by atoms with Crippen LogP contribution in [0.25, 0.3) is 0 Å². The van der Waals surface area contributed by atoms with Crippen molar-refractivity contribution in [2.45, 2.75) is 46.1 Å². The Bertz CT molecular complexity index is 520. The van der Waals surface area contributed by atoms with E-state index in [2.05, 4.69) is 10.3 Å². The molecule has 2 N–H and O–H groups in total. The number of hydrogen-bond donors (Lipinski definition) is 2. The molecule has 1 amide bonds. The summed E-state index contributed by atoms with van der Waals surface area (Å²) in [5.41, 5.74) is -0.310. The maximum atomic E-state index is 12.2. The highest BCUT2D eigenvalue weighted by Gasteiger charge is 2.51. The Balaban J connectivity index is 2.11. The van der Waals surface area contributed by atoms with Crippen molar-refractivity contribution in [2.24, 2.45) is 5.41 Å². The Morgan fingerprint density at radius 1 is 1.42 bits per heavy atom. The first-order valence-electron chi connectivity index (χ1n) is 6.35. The van der Waals surface area contributed by atoms with E-state index in [1.165, 1.54) is 11.3 Å². The number of aromatic nitrogens is 1. The van der Waals surface area contributed by atoms with E-state index in [4.69, 9.17) is 0 Å². The molecule has 1 aliphatic carbocycles. The standard InChI is InChI=1S/C13H18N2O3S/c1-7-10(19-9(3)14-7)8(2)15-11(16)13(12(17)18)5-4-6-13/h8H,4-6H2,1-3H3,(H,15,16)(H,17,18). The molecule has 1 aromatic heterocycles. The predicted octanol–water partition coefficient (Wildman–Crippen LogP) is 2.19. The quantitative estimate of drug-likeness (QED) is 0.830. The smallest absolute Gasteiger partial charge is 0.319 e. The van der Waals surface area contributed by atoms with E-state index < -0.39 is 11.4 Å². The molecule has 1 atom stereocenters. The fourth-order valence-corrected chi connectivity index (χ4v) is 3.35. The average Bonchev–Trinajstić information content (AvgIpc) is 2.55. The Morgan fingerprint density at radius 2 is 2.05 bits per heavy atom. The average molecular weight is 282 g/mol. The van der Waals surface area contributed by atoms with Gasteiger partial charge in [0.15, 0.2) is 0 Å². The highest BCUT2D eigenvalue weighted by Crippen LogP contribution is 2.42. The molecule has 0 aromatic carbocycles. The van der Waals surface area contributed by atoms with Crippen molar-refractivity contribution in [3.63, 3.8) is 0 Å². The maximum Gasteiger partial charge on any atom is 0.319 e. The number of nitrogens with zero attached hydrogens (tertiary/aromatic N) is 1. The number of carboxylic acid groups (broad SMARTS) is 1. The number of carboxylic acids is 1. The van der Waals surface area contributed by atoms with Crippen LogP contribution >= 0.6 is 11.3 Å². The summed E-state index contributed by atoms with van der Waals surface area (Å²) >= 11 is 1.54. The Morgan fingerprint density at radius 3 is 2.42 bits per heavy atom. The van der Waals surface area contributed by atoms with E-state index in [9.17, 15) is 14.7 Å². The number of aryl methyl sites for hydroxylation is 2. The summed E-state index contributed by atoms with van der Waals surface area (Å²) in [5, 5.41) is 13.0. The minimum Gasteiger partial charge on any atom is -0.480 e. The highest BCUT2D eigenvalue weighted by atomic mass is 32.1. The number of carbonyl (C=O) groups is 2. The van der Waals surface area contributed by atoms with Crippen LogP contribution in [-0.4, -0.2) is 22.0 Å². The molecule has 2 rings (SSSR count). The van der Waals surface area contributed by atoms with E-state index in [0.29, 0.717) is 12.8 Å². The monoisotopic (exact) mass is 282 g/mol. The van der Waals surface area contributed by atoms with E-state index in [1.807, 2.05) is 20.8 Å². The van der Waals surface area contributed by atoms with Crippen molar-refractivity contribution in [1.82, 2.24) is 10.3 Å². The molecule has 104 valence electrons. The second kappa shape index (κ2) is 4.92. The number of aliphatic carboxylic acids is 1. The normalized spacial score (nSPS) is 18.5. The van der Waals surface area contributed by atoms with Crippen LogP contribution in [0.2, 0.25) is 0 Å². The van der Waals surface area contributed by atoms with Gasteiger partial charge < -0.3 is 10.4 Å². The summed E-state index contributed by atoms with van der Waals surface area (Å²) < 4.78 is 0. The van der Waals surface area contributed by atoms with Crippen LogP contribution in [0.15, 0.2) is 0 Å². The molecule has 1 aliphatic rings. The van der Waals surface area contributed by atoms with Crippen LogP contribution in [-0.2, 0) is 9.59 Å². The molecule has 0 spiro atoms. The van der Waals surface area contributed by atoms with Crippen molar-refractivity contribution in [3.8, 4) is 0 Å². The van der Waals surface area contributed by atoms with Gasteiger partial charge in [0.1, 0.15) is 5.41 Å². The molecule has 5 nitrogen and oxygen atoms in total. The molecule has 1 aromatic rings. The van der Waals surface area contributed by atoms with Gasteiger partial charge in [-0.25, -0.2) is 4.98 Å². The largest absolute Gasteiger partial charge is 0.480 e. The van der Waals surface area contributed by atoms with Crippen LogP contribution in [0.4, 0.5) is 0 Å². The van der Waals surface area contributed by atoms with Crippen LogP contribution in [0.5, 0.6) is 0 Å². The van der Waals surface area contributed by atoms with Gasteiger partial charge in [-0.1, -0.05) is 6.42 Å². The first kappa shape index (κ1) is 14.0. The van der Waals surface area contributed by atoms with Crippen molar-refractivity contribution < 1.29 is 14.7 Å². The van der Waals surface area contributed by atoms with Gasteiger partial charge in [0.25, 0.3) is 0 Å². The third-order valence-corrected chi connectivity index (χ3v) is 4.99. The fourth-order valence-electron chi connectivity index (χ4n) is 2.42. The third kappa shape index (κ3) is 2.36. The summed E-state index contributed by atoms with van der Waals surface area (Å²) in [5.74, 6) is -1.38. The Labute approximate surface area is 116 Å². The molecule has 0 saturated heterocycles. The van der Waals surface area contributed by atoms with E-state index in [-0.39, 0.29) is 11.9 Å². The lowest BCUT2D eigenvalue weighted by molar-refractivity contribution is -0.162. The number of nitrogens with one attached hydrogen (secondary N) is 1. The van der Waals surface area contributed by atoms with Gasteiger partial charge >= 0.3 is 5.97 Å². The van der Waals surface area contributed by atoms with Gasteiger partial charge in [0, 0.05) is 4.88 Å². The second-order valence-electron chi connectivity index (χ2n) is 5.12. The second-order valence-corrected chi connectivity index (χ2v) is 6.35. The molecule has 1 heterocycles. The SMILES string of the molecule is Cc1nc(C)c(C(C)NC(=O)C2(C(=O)O)CCC2)s1. The molecule has 6 heteroatoms. The molecule has 0 aliphatic heterocycles. The zero-order valence-corrected chi connectivity index (χ0v) is 12.1. The molecular weight excluding hydrogens is 264 g/mol. The number of amides is 1. The first-order valence-corrected chi connectivity index (χ1v) is 7.17. The van der Waals surface area contributed by atoms with Gasteiger partial charge in [0.2, 0.25) is 5.91 Å². The lowest BCUT2D eigenvalue weighted by Gasteiger charge is -2.36. The summed E-state index contributed by atoms with van der Waals surface area (Å²) in [6.45, 7) is 5.68. The zero-order chi connectivity index (χ0) is 14.2. The number of hydrogen-bond acceptors (Lipinski definition) is 4. The molecule has 19 heavy (non-hydrogen) atoms. The topological polar surface area (TPSA) is 79.3 Å². The van der Waals surface area contributed by atoms with E-state index in [1.54, 1.807) is 0 Å². The number of thiazole rings is 1. The lowest BCUT2D eigenvalue weighted by Crippen LogP contribution is -2.51. The molecule has 0 radical (unpaired) electrons. The minimum absolute atomic E-state index is 0.199. The molecule has 1 fully saturated rings. The van der Waals surface area contributed by atoms with Gasteiger partial charge in [-0.3, -0.25) is 9.59 Å². The van der Waals surface area contributed by atoms with Crippen molar-refractivity contribution in [2.75, 3.05) is 0 Å². The van der Waals surface area contributed by atoms with Gasteiger partial charge in [0.05, 0.1) is 16.7 Å². The zero-order valence-electron chi connectivity index (χ0n) is 11.3. The fraction of sp³-hybridized carbons (Fsp3) is 0.615. The Kier molecular flexibility index (Phi) is 3.62. The van der Waals surface area contributed by atoms with Gasteiger partial charge in [-0.2, -0.15) is 0 Å². The molecule has 1 unspecified atom stereocenters. The minimum atomic E-state index is -1.21. The third-order valence-electron chi connectivity index (χ3n) is 3.73. The van der Waals surface area contributed by atoms with E-state index >= 15 is 0 Å². The summed E-state index contributed by atoms with van der Waals surface area (Å²) in [6.07, 6.45) is 1.66. The predicted molar refractivity (Wildman–Crippen MR) is 72.1 cm³/mol. The Hall–Kier alpha value is -1.43. The van der Waals surface area contributed by atoms with Crippen LogP contribution < -0.4 is 5.32 Å². The van der Waals surface area contributed by atoms with Gasteiger partial charge in [-0.05, 0) is 33.6 Å². The van der Waals surface area contributed by atoms with E-state index in [0.717, 1.165) is 22.0 Å². The van der Waals surface area contributed by atoms with Crippen LogP contribution in [0.1, 0.15) is 47.8 Å². The summed E-state index contributed by atoms with van der Waals surface area (Å²) in [4.78, 5) is 28.8. The summed E-state index contributed by atoms with van der Waals surface area (Å²) in [7, 11) is 0. The number of carbonyl (C=O) groups excluding carboxylic acids is 1. The molecule has 0 bridgehead atoms. The molecular formula is C13H18N2O3S. The van der Waals surface area contributed by atoms with Crippen LogP contribution in [0, 0.1) is 19.3 Å². The van der Waals surface area contributed by atoms with Crippen molar-refractivity contribution in [3.05, 3.63) is 15.6 Å². The van der Waals surface area contributed by atoms with Gasteiger partial charge in [-0.15, -0.1) is 11.3 Å². The number of rotatable bonds is 4. The summed E-state index contributed by atoms with van der Waals surface area (Å²) in [6, 6.07) is -0.199.